The largest absolute Gasteiger partial charge is 0.366 e. The number of hydrogen-bond donors (Lipinski definition) is 0. The summed E-state index contributed by atoms with van der Waals surface area (Å²) in [6.07, 6.45) is 4.49. The van der Waals surface area contributed by atoms with Crippen LogP contribution in [0.15, 0.2) is 23.1 Å². The molecule has 0 aromatic heterocycles. The molecule has 0 amide bonds. The molecule has 24 heavy (non-hydrogen) atoms. The summed E-state index contributed by atoms with van der Waals surface area (Å²) in [6.45, 7) is 4.77. The third-order valence-corrected chi connectivity index (χ3v) is 6.03. The Morgan fingerprint density at radius 2 is 1.96 bits per heavy atom. The van der Waals surface area contributed by atoms with E-state index in [0.717, 1.165) is 45.4 Å². The third-order valence-electron chi connectivity index (χ3n) is 4.90. The zero-order valence-corrected chi connectivity index (χ0v) is 14.7. The minimum absolute atomic E-state index is 0.201. The fourth-order valence-electron chi connectivity index (χ4n) is 3.78. The van der Waals surface area contributed by atoms with E-state index >= 15 is 0 Å². The number of nitro groups is 1. The number of hydrogen-bond acceptors (Lipinski definition) is 6. The first-order valence-corrected chi connectivity index (χ1v) is 10.2. The van der Waals surface area contributed by atoms with Gasteiger partial charge >= 0.3 is 5.69 Å². The Balaban J connectivity index is 1.83. The van der Waals surface area contributed by atoms with Gasteiger partial charge in [0.25, 0.3) is 0 Å². The predicted octanol–water partition coefficient (Wildman–Crippen LogP) is 1.92. The second-order valence-corrected chi connectivity index (χ2v) is 8.75. The summed E-state index contributed by atoms with van der Waals surface area (Å²) in [5.41, 5.74) is 0.133. The van der Waals surface area contributed by atoms with E-state index in [1.54, 1.807) is 12.1 Å². The standard InChI is InChI=1S/C16H23N3O4S/c1-24(22,23)15-6-4-5-14(16(15)19(20)21)18-10-7-13(12-18)11-17-8-2-3-9-17/h4-6,13H,2-3,7-12H2,1H3. The first-order valence-electron chi connectivity index (χ1n) is 8.31. The number of para-hydroxylation sites is 1. The van der Waals surface area contributed by atoms with E-state index in [-0.39, 0.29) is 10.6 Å². The number of likely N-dealkylation sites (tertiary alicyclic amines) is 1. The van der Waals surface area contributed by atoms with Crippen molar-refractivity contribution in [1.29, 1.82) is 0 Å². The maximum atomic E-state index is 11.9. The molecular weight excluding hydrogens is 330 g/mol. The molecule has 0 N–H and O–H groups in total. The van der Waals surface area contributed by atoms with Crippen molar-refractivity contribution in [3.63, 3.8) is 0 Å². The lowest BCUT2D eigenvalue weighted by molar-refractivity contribution is -0.387. The van der Waals surface area contributed by atoms with E-state index in [4.69, 9.17) is 0 Å². The Labute approximate surface area is 142 Å². The number of sulfone groups is 1. The van der Waals surface area contributed by atoms with Gasteiger partial charge in [0, 0.05) is 25.9 Å². The van der Waals surface area contributed by atoms with Crippen molar-refractivity contribution >= 4 is 21.2 Å². The molecule has 0 spiro atoms. The Morgan fingerprint density at radius 1 is 1.25 bits per heavy atom. The van der Waals surface area contributed by atoms with Crippen LogP contribution in [-0.4, -0.2) is 57.2 Å². The summed E-state index contributed by atoms with van der Waals surface area (Å²) in [7, 11) is -3.64. The second kappa shape index (κ2) is 6.68. The van der Waals surface area contributed by atoms with E-state index < -0.39 is 14.8 Å². The molecule has 1 unspecified atom stereocenters. The lowest BCUT2D eigenvalue weighted by Gasteiger charge is -2.22. The molecule has 2 heterocycles. The number of benzene rings is 1. The first-order chi connectivity index (χ1) is 11.4. The van der Waals surface area contributed by atoms with Gasteiger partial charge in [0.2, 0.25) is 0 Å². The van der Waals surface area contributed by atoms with Crippen molar-refractivity contribution in [2.45, 2.75) is 24.2 Å². The van der Waals surface area contributed by atoms with Crippen LogP contribution < -0.4 is 4.90 Å². The maximum absolute atomic E-state index is 11.9. The van der Waals surface area contributed by atoms with Crippen LogP contribution in [0.4, 0.5) is 11.4 Å². The fraction of sp³-hybridized carbons (Fsp3) is 0.625. The van der Waals surface area contributed by atoms with Gasteiger partial charge < -0.3 is 9.80 Å². The van der Waals surface area contributed by atoms with E-state index in [2.05, 4.69) is 4.90 Å². The van der Waals surface area contributed by atoms with Crippen molar-refractivity contribution in [1.82, 2.24) is 4.90 Å². The van der Waals surface area contributed by atoms with Crippen LogP contribution in [0.2, 0.25) is 0 Å². The monoisotopic (exact) mass is 353 g/mol. The molecule has 2 saturated heterocycles. The highest BCUT2D eigenvalue weighted by atomic mass is 32.2. The summed E-state index contributed by atoms with van der Waals surface area (Å²) in [5, 5.41) is 11.5. The molecule has 1 aromatic rings. The highest BCUT2D eigenvalue weighted by Gasteiger charge is 2.33. The van der Waals surface area contributed by atoms with Gasteiger partial charge in [-0.1, -0.05) is 6.07 Å². The zero-order chi connectivity index (χ0) is 17.3. The van der Waals surface area contributed by atoms with Crippen LogP contribution in [0.25, 0.3) is 0 Å². The minimum Gasteiger partial charge on any atom is -0.366 e. The smallest absolute Gasteiger partial charge is 0.311 e. The fourth-order valence-corrected chi connectivity index (χ4v) is 4.64. The van der Waals surface area contributed by atoms with Gasteiger partial charge in [-0.3, -0.25) is 10.1 Å². The van der Waals surface area contributed by atoms with E-state index in [1.807, 2.05) is 4.90 Å². The van der Waals surface area contributed by atoms with Crippen molar-refractivity contribution in [3.05, 3.63) is 28.3 Å². The Bertz CT molecular complexity index is 729. The minimum atomic E-state index is -3.64. The highest BCUT2D eigenvalue weighted by molar-refractivity contribution is 7.90. The summed E-state index contributed by atoms with van der Waals surface area (Å²) in [6, 6.07) is 4.56. The molecule has 0 bridgehead atoms. The van der Waals surface area contributed by atoms with Crippen LogP contribution >= 0.6 is 0 Å². The number of nitro benzene ring substituents is 1. The average molecular weight is 353 g/mol. The van der Waals surface area contributed by atoms with E-state index in [0.29, 0.717) is 11.6 Å². The second-order valence-electron chi connectivity index (χ2n) is 6.76. The highest BCUT2D eigenvalue weighted by Crippen LogP contribution is 2.37. The normalized spacial score (nSPS) is 22.2. The lowest BCUT2D eigenvalue weighted by Crippen LogP contribution is -2.29. The molecule has 1 atom stereocenters. The third kappa shape index (κ3) is 3.54. The quantitative estimate of drug-likeness (QED) is 0.594. The summed E-state index contributed by atoms with van der Waals surface area (Å²) >= 11 is 0. The van der Waals surface area contributed by atoms with Gasteiger partial charge in [0.05, 0.1) is 4.92 Å². The van der Waals surface area contributed by atoms with E-state index in [9.17, 15) is 18.5 Å². The topological polar surface area (TPSA) is 83.8 Å². The molecule has 1 aromatic carbocycles. The van der Waals surface area contributed by atoms with Crippen LogP contribution in [0.1, 0.15) is 19.3 Å². The summed E-state index contributed by atoms with van der Waals surface area (Å²) < 4.78 is 23.8. The lowest BCUT2D eigenvalue weighted by atomic mass is 10.1. The van der Waals surface area contributed by atoms with Crippen molar-refractivity contribution in [3.8, 4) is 0 Å². The van der Waals surface area contributed by atoms with Crippen LogP contribution in [0.5, 0.6) is 0 Å². The molecular formula is C16H23N3O4S. The number of rotatable bonds is 5. The molecule has 2 fully saturated rings. The summed E-state index contributed by atoms with van der Waals surface area (Å²) in [4.78, 5) is 15.2. The molecule has 2 aliphatic rings. The number of nitrogens with zero attached hydrogens (tertiary/aromatic N) is 3. The van der Waals surface area contributed by atoms with Crippen molar-refractivity contribution in [2.75, 3.05) is 43.9 Å². The maximum Gasteiger partial charge on any atom is 0.311 e. The van der Waals surface area contributed by atoms with Crippen molar-refractivity contribution in [2.24, 2.45) is 5.92 Å². The SMILES string of the molecule is CS(=O)(=O)c1cccc(N2CCC(CN3CCCC3)C2)c1[N+](=O)[O-]. The summed E-state index contributed by atoms with van der Waals surface area (Å²) in [5.74, 6) is 0.476. The molecule has 3 rings (SSSR count). The van der Waals surface area contributed by atoms with Gasteiger partial charge in [0.1, 0.15) is 10.6 Å². The van der Waals surface area contributed by atoms with Crippen LogP contribution in [-0.2, 0) is 9.84 Å². The molecule has 0 saturated carbocycles. The number of anilines is 1. The van der Waals surface area contributed by atoms with Gasteiger partial charge in [-0.15, -0.1) is 0 Å². The average Bonchev–Trinajstić information content (AvgIpc) is 3.18. The Hall–Kier alpha value is -1.67. The first kappa shape index (κ1) is 17.2. The van der Waals surface area contributed by atoms with Crippen molar-refractivity contribution < 1.29 is 13.3 Å². The Morgan fingerprint density at radius 3 is 2.58 bits per heavy atom. The zero-order valence-electron chi connectivity index (χ0n) is 13.8. The molecule has 132 valence electrons. The van der Waals surface area contributed by atoms with Crippen LogP contribution in [0.3, 0.4) is 0 Å². The predicted molar refractivity (Wildman–Crippen MR) is 92.2 cm³/mol. The molecule has 2 aliphatic heterocycles. The van der Waals surface area contributed by atoms with Crippen LogP contribution in [0, 0.1) is 16.0 Å². The van der Waals surface area contributed by atoms with Gasteiger partial charge in [-0.2, -0.15) is 0 Å². The van der Waals surface area contributed by atoms with E-state index in [1.165, 1.54) is 18.9 Å². The van der Waals surface area contributed by atoms with Gasteiger partial charge in [-0.05, 0) is 50.4 Å². The Kier molecular flexibility index (Phi) is 4.78. The molecule has 0 aliphatic carbocycles. The van der Waals surface area contributed by atoms with Gasteiger partial charge in [0.15, 0.2) is 9.84 Å². The molecule has 0 radical (unpaired) electrons. The molecule has 8 heteroatoms. The molecule has 7 nitrogen and oxygen atoms in total. The van der Waals surface area contributed by atoms with Gasteiger partial charge in [-0.25, -0.2) is 8.42 Å².